The van der Waals surface area contributed by atoms with Crippen LogP contribution in [0.25, 0.3) is 0 Å². The highest BCUT2D eigenvalue weighted by Gasteiger charge is 2.10. The number of anilines is 1. The Morgan fingerprint density at radius 3 is 2.81 bits per heavy atom. The standard InChI is InChI=1S/C9H8F2N4S/c1-15(9-12-13-14-16-9)5-6-2-3-7(10)4-8(6)11/h2-4H,5H2,1H3. The molecule has 0 atom stereocenters. The molecule has 4 nitrogen and oxygen atoms in total. The van der Waals surface area contributed by atoms with Gasteiger partial charge in [-0.1, -0.05) is 15.7 Å². The monoisotopic (exact) mass is 242 g/mol. The molecule has 0 saturated carbocycles. The van der Waals surface area contributed by atoms with Crippen LogP contribution in [0.15, 0.2) is 18.2 Å². The van der Waals surface area contributed by atoms with Crippen LogP contribution >= 0.6 is 11.5 Å². The van der Waals surface area contributed by atoms with Crippen LogP contribution in [0.4, 0.5) is 13.9 Å². The van der Waals surface area contributed by atoms with Crippen LogP contribution in [0, 0.1) is 11.6 Å². The summed E-state index contributed by atoms with van der Waals surface area (Å²) in [5.74, 6) is -1.15. The molecule has 0 unspecified atom stereocenters. The number of hydrogen-bond donors (Lipinski definition) is 0. The minimum absolute atomic E-state index is 0.295. The minimum atomic E-state index is -0.582. The first-order valence-corrected chi connectivity index (χ1v) is 5.24. The third kappa shape index (κ3) is 2.30. The van der Waals surface area contributed by atoms with E-state index in [1.54, 1.807) is 11.9 Å². The number of nitrogens with zero attached hydrogens (tertiary/aromatic N) is 4. The molecular weight excluding hydrogens is 234 g/mol. The molecule has 0 bridgehead atoms. The summed E-state index contributed by atoms with van der Waals surface area (Å²) in [5.41, 5.74) is 0.402. The highest BCUT2D eigenvalue weighted by Crippen LogP contribution is 2.17. The predicted molar refractivity (Wildman–Crippen MR) is 56.2 cm³/mol. The molecule has 1 heterocycles. The van der Waals surface area contributed by atoms with E-state index < -0.39 is 11.6 Å². The lowest BCUT2D eigenvalue weighted by Gasteiger charge is -2.14. The van der Waals surface area contributed by atoms with Gasteiger partial charge in [0.25, 0.3) is 0 Å². The van der Waals surface area contributed by atoms with Gasteiger partial charge in [-0.05, 0) is 11.3 Å². The van der Waals surface area contributed by atoms with Gasteiger partial charge in [-0.25, -0.2) is 8.78 Å². The van der Waals surface area contributed by atoms with Gasteiger partial charge in [0.1, 0.15) is 11.6 Å². The SMILES string of the molecule is CN(Cc1ccc(F)cc1F)c1nnns1. The quantitative estimate of drug-likeness (QED) is 0.823. The average molecular weight is 242 g/mol. The Labute approximate surface area is 94.7 Å². The van der Waals surface area contributed by atoms with Crippen molar-refractivity contribution >= 4 is 16.7 Å². The Hall–Kier alpha value is -1.63. The molecule has 0 amide bonds. The van der Waals surface area contributed by atoms with Gasteiger partial charge in [0.15, 0.2) is 0 Å². The number of halogens is 2. The fourth-order valence-electron chi connectivity index (χ4n) is 1.25. The summed E-state index contributed by atoms with van der Waals surface area (Å²) in [4.78, 5) is 1.70. The van der Waals surface area contributed by atoms with Gasteiger partial charge < -0.3 is 4.90 Å². The fraction of sp³-hybridized carbons (Fsp3) is 0.222. The van der Waals surface area contributed by atoms with Crippen LogP contribution in [0.1, 0.15) is 5.56 Å². The lowest BCUT2D eigenvalue weighted by molar-refractivity contribution is 0.571. The summed E-state index contributed by atoms with van der Waals surface area (Å²) in [6, 6.07) is 3.50. The van der Waals surface area contributed by atoms with Crippen molar-refractivity contribution in [3.8, 4) is 0 Å². The second-order valence-electron chi connectivity index (χ2n) is 3.24. The predicted octanol–water partition coefficient (Wildman–Crippen LogP) is 1.85. The summed E-state index contributed by atoms with van der Waals surface area (Å²) < 4.78 is 29.6. The maximum absolute atomic E-state index is 13.3. The van der Waals surface area contributed by atoms with E-state index in [9.17, 15) is 8.78 Å². The number of hydrogen-bond acceptors (Lipinski definition) is 5. The molecule has 16 heavy (non-hydrogen) atoms. The summed E-state index contributed by atoms with van der Waals surface area (Å²) in [7, 11) is 1.74. The highest BCUT2D eigenvalue weighted by atomic mass is 32.1. The zero-order valence-corrected chi connectivity index (χ0v) is 9.21. The molecular formula is C9H8F2N4S. The molecule has 84 valence electrons. The summed E-state index contributed by atoms with van der Waals surface area (Å²) in [5, 5.41) is 7.78. The lowest BCUT2D eigenvalue weighted by atomic mass is 10.2. The number of aromatic nitrogens is 3. The third-order valence-electron chi connectivity index (χ3n) is 2.04. The van der Waals surface area contributed by atoms with Gasteiger partial charge in [0, 0.05) is 36.8 Å². The maximum Gasteiger partial charge on any atom is 0.227 e. The molecule has 0 spiro atoms. The van der Waals surface area contributed by atoms with E-state index >= 15 is 0 Å². The molecule has 0 saturated heterocycles. The van der Waals surface area contributed by atoms with Gasteiger partial charge in [-0.3, -0.25) is 0 Å². The van der Waals surface area contributed by atoms with Gasteiger partial charge in [0.05, 0.1) is 0 Å². The normalized spacial score (nSPS) is 10.4. The van der Waals surface area contributed by atoms with Crippen LogP contribution in [-0.4, -0.2) is 21.8 Å². The first-order chi connectivity index (χ1) is 7.66. The van der Waals surface area contributed by atoms with Gasteiger partial charge in [0.2, 0.25) is 5.13 Å². The first kappa shape index (κ1) is 10.9. The molecule has 2 rings (SSSR count). The van der Waals surface area contributed by atoms with Crippen LogP contribution in [-0.2, 0) is 6.54 Å². The molecule has 0 aliphatic heterocycles. The van der Waals surface area contributed by atoms with Crippen LogP contribution in [0.5, 0.6) is 0 Å². The van der Waals surface area contributed by atoms with Crippen molar-refractivity contribution < 1.29 is 8.78 Å². The average Bonchev–Trinajstić information content (AvgIpc) is 2.75. The van der Waals surface area contributed by atoms with Gasteiger partial charge in [-0.15, -0.1) is 0 Å². The molecule has 0 N–H and O–H groups in total. The molecule has 0 fully saturated rings. The van der Waals surface area contributed by atoms with E-state index in [0.717, 1.165) is 17.6 Å². The van der Waals surface area contributed by atoms with Crippen molar-refractivity contribution in [3.63, 3.8) is 0 Å². The van der Waals surface area contributed by atoms with Gasteiger partial charge in [-0.2, -0.15) is 0 Å². The third-order valence-corrected chi connectivity index (χ3v) is 2.75. The lowest BCUT2D eigenvalue weighted by Crippen LogP contribution is -2.17. The highest BCUT2D eigenvalue weighted by molar-refractivity contribution is 7.09. The first-order valence-electron chi connectivity index (χ1n) is 4.47. The van der Waals surface area contributed by atoms with Crippen LogP contribution < -0.4 is 4.90 Å². The zero-order chi connectivity index (χ0) is 11.5. The molecule has 0 aliphatic rings. The molecule has 2 aromatic rings. The maximum atomic E-state index is 13.3. The molecule has 7 heteroatoms. The Morgan fingerprint density at radius 2 is 2.19 bits per heavy atom. The van der Waals surface area contributed by atoms with Crippen molar-refractivity contribution in [1.82, 2.24) is 14.8 Å². The Bertz CT molecular complexity index is 474. The largest absolute Gasteiger partial charge is 0.344 e. The van der Waals surface area contributed by atoms with Crippen molar-refractivity contribution in [2.45, 2.75) is 6.54 Å². The number of benzene rings is 1. The van der Waals surface area contributed by atoms with Crippen molar-refractivity contribution in [1.29, 1.82) is 0 Å². The molecule has 1 aromatic carbocycles. The minimum Gasteiger partial charge on any atom is -0.344 e. The van der Waals surface area contributed by atoms with E-state index in [4.69, 9.17) is 0 Å². The Balaban J connectivity index is 2.15. The molecule has 0 radical (unpaired) electrons. The number of rotatable bonds is 3. The summed E-state index contributed by atoms with van der Waals surface area (Å²) >= 11 is 1.12. The van der Waals surface area contributed by atoms with E-state index in [1.807, 2.05) is 0 Å². The molecule has 0 aliphatic carbocycles. The van der Waals surface area contributed by atoms with E-state index in [-0.39, 0.29) is 0 Å². The van der Waals surface area contributed by atoms with E-state index in [0.29, 0.717) is 17.2 Å². The second-order valence-corrected chi connectivity index (χ2v) is 3.95. The zero-order valence-electron chi connectivity index (χ0n) is 8.39. The smallest absolute Gasteiger partial charge is 0.227 e. The fourth-order valence-corrected chi connectivity index (χ4v) is 1.67. The van der Waals surface area contributed by atoms with Crippen molar-refractivity contribution in [2.24, 2.45) is 0 Å². The van der Waals surface area contributed by atoms with E-state index in [2.05, 4.69) is 14.8 Å². The van der Waals surface area contributed by atoms with E-state index in [1.165, 1.54) is 12.1 Å². The Morgan fingerprint density at radius 1 is 1.38 bits per heavy atom. The summed E-state index contributed by atoms with van der Waals surface area (Å²) in [6.45, 7) is 0.295. The van der Waals surface area contributed by atoms with Crippen molar-refractivity contribution in [3.05, 3.63) is 35.4 Å². The van der Waals surface area contributed by atoms with Crippen LogP contribution in [0.2, 0.25) is 0 Å². The topological polar surface area (TPSA) is 41.9 Å². The van der Waals surface area contributed by atoms with Crippen molar-refractivity contribution in [2.75, 3.05) is 11.9 Å². The van der Waals surface area contributed by atoms with Gasteiger partial charge >= 0.3 is 0 Å². The second kappa shape index (κ2) is 4.48. The molecule has 1 aromatic heterocycles. The van der Waals surface area contributed by atoms with Crippen LogP contribution in [0.3, 0.4) is 0 Å². The Kier molecular flexibility index (Phi) is 3.04. The summed E-state index contributed by atoms with van der Waals surface area (Å²) in [6.07, 6.45) is 0.